The Balaban J connectivity index is 2.11. The maximum absolute atomic E-state index is 13.2. The molecule has 20 heavy (non-hydrogen) atoms. The van der Waals surface area contributed by atoms with Crippen LogP contribution in [0.1, 0.15) is 0 Å². The van der Waals surface area contributed by atoms with E-state index >= 15 is 0 Å². The Hall–Kier alpha value is -2.35. The fraction of sp³-hybridized carbons (Fsp3) is 0.333. The summed E-state index contributed by atoms with van der Waals surface area (Å²) in [4.78, 5) is 43.6. The van der Waals surface area contributed by atoms with Gasteiger partial charge in [0.05, 0.1) is 0 Å². The topological polar surface area (TPSA) is 133 Å². The average molecular weight is 299 g/mol. The molecule has 0 N–H and O–H groups in total. The Morgan fingerprint density at radius 3 is 1.20 bits per heavy atom. The number of aliphatic imine (C=N–C) groups is 3. The van der Waals surface area contributed by atoms with Crippen molar-refractivity contribution in [3.05, 3.63) is 0 Å². The molecule has 3 heterocycles. The molecular formula is C9H6N3O7P. The second-order valence-corrected chi connectivity index (χ2v) is 6.62. The molecule has 0 spiro atoms. The lowest BCUT2D eigenvalue weighted by Gasteiger charge is -2.14. The van der Waals surface area contributed by atoms with Crippen LogP contribution in [0.25, 0.3) is 0 Å². The molecule has 3 amide bonds. The molecular weight excluding hydrogens is 293 g/mol. The molecule has 0 saturated heterocycles. The van der Waals surface area contributed by atoms with E-state index in [1.54, 1.807) is 0 Å². The van der Waals surface area contributed by atoms with E-state index in [1.807, 2.05) is 0 Å². The van der Waals surface area contributed by atoms with Crippen LogP contribution in [0.2, 0.25) is 0 Å². The largest absolute Gasteiger partial charge is 0.441 e. The third kappa shape index (κ3) is 1.85. The highest BCUT2D eigenvalue weighted by Gasteiger charge is 2.48. The number of rotatable bonds is 3. The minimum Gasteiger partial charge on any atom is -0.441 e. The molecule has 0 saturated carbocycles. The fourth-order valence-electron chi connectivity index (χ4n) is 1.82. The predicted molar refractivity (Wildman–Crippen MR) is 64.0 cm³/mol. The van der Waals surface area contributed by atoms with E-state index in [0.29, 0.717) is 0 Å². The smallest absolute Gasteiger partial charge is 0.434 e. The van der Waals surface area contributed by atoms with Crippen LogP contribution in [0.4, 0.5) is 14.4 Å². The Kier molecular flexibility index (Phi) is 2.75. The highest BCUT2D eigenvalue weighted by atomic mass is 31.2. The van der Waals surface area contributed by atoms with Gasteiger partial charge in [-0.2, -0.15) is 15.0 Å². The van der Waals surface area contributed by atoms with E-state index in [2.05, 4.69) is 29.2 Å². The molecule has 10 nitrogen and oxygen atoms in total. The second kappa shape index (κ2) is 4.34. The molecule has 0 unspecified atom stereocenters. The number of hydrogen-bond donors (Lipinski definition) is 0. The average Bonchev–Trinajstić information content (AvgIpc) is 3.10. The van der Waals surface area contributed by atoms with Crippen LogP contribution >= 0.6 is 7.14 Å². The normalized spacial score (nSPS) is 22.0. The molecule has 3 aliphatic rings. The van der Waals surface area contributed by atoms with Crippen LogP contribution in [0.3, 0.4) is 0 Å². The molecule has 0 atom stereocenters. The lowest BCUT2D eigenvalue weighted by atomic mass is 10.8. The molecule has 104 valence electrons. The Bertz CT molecular complexity index is 587. The van der Waals surface area contributed by atoms with Crippen molar-refractivity contribution in [2.24, 2.45) is 15.0 Å². The third-order valence-electron chi connectivity index (χ3n) is 2.73. The van der Waals surface area contributed by atoms with Gasteiger partial charge in [-0.1, -0.05) is 0 Å². The molecule has 0 bridgehead atoms. The molecule has 0 radical (unpaired) electrons. The summed E-state index contributed by atoms with van der Waals surface area (Å²) in [6.07, 6.45) is -2.72. The summed E-state index contributed by atoms with van der Waals surface area (Å²) in [5, 5.41) is 0. The van der Waals surface area contributed by atoms with Crippen LogP contribution in [0.15, 0.2) is 15.0 Å². The molecule has 0 aromatic carbocycles. The van der Waals surface area contributed by atoms with Gasteiger partial charge >= 0.3 is 18.3 Å². The minimum atomic E-state index is -3.76. The van der Waals surface area contributed by atoms with Crippen molar-refractivity contribution in [2.75, 3.05) is 19.8 Å². The first-order valence-corrected chi connectivity index (χ1v) is 7.05. The molecule has 0 fully saturated rings. The summed E-state index contributed by atoms with van der Waals surface area (Å²) in [7, 11) is -3.76. The number of hydrogen-bond acceptors (Lipinski definition) is 7. The Morgan fingerprint density at radius 2 is 1.00 bits per heavy atom. The first kappa shape index (κ1) is 12.7. The zero-order valence-electron chi connectivity index (χ0n) is 9.77. The van der Waals surface area contributed by atoms with Crippen molar-refractivity contribution < 1.29 is 33.2 Å². The van der Waals surface area contributed by atoms with Gasteiger partial charge in [0.25, 0.3) is 0 Å². The monoisotopic (exact) mass is 299 g/mol. The van der Waals surface area contributed by atoms with Gasteiger partial charge in [-0.3, -0.25) is 0 Å². The maximum Gasteiger partial charge on any atom is 0.434 e. The molecule has 0 aliphatic carbocycles. The molecule has 0 aromatic rings. The number of amides is 3. The fourth-order valence-corrected chi connectivity index (χ4v) is 4.12. The van der Waals surface area contributed by atoms with Crippen LogP contribution in [0, 0.1) is 0 Å². The van der Waals surface area contributed by atoms with Gasteiger partial charge in [0, 0.05) is 0 Å². The van der Waals surface area contributed by atoms with E-state index in [1.165, 1.54) is 0 Å². The van der Waals surface area contributed by atoms with Crippen LogP contribution in [0.5, 0.6) is 0 Å². The lowest BCUT2D eigenvalue weighted by molar-refractivity contribution is 0.180. The van der Waals surface area contributed by atoms with Gasteiger partial charge < -0.3 is 18.8 Å². The number of ether oxygens (including phenoxy) is 3. The second-order valence-electron chi connectivity index (χ2n) is 3.86. The van der Waals surface area contributed by atoms with Gasteiger partial charge in [0.2, 0.25) is 7.14 Å². The van der Waals surface area contributed by atoms with Gasteiger partial charge in [0.15, 0.2) is 0 Å². The van der Waals surface area contributed by atoms with Crippen LogP contribution < -0.4 is 0 Å². The molecule has 0 aromatic heterocycles. The van der Waals surface area contributed by atoms with Crippen molar-refractivity contribution in [1.82, 2.24) is 0 Å². The third-order valence-corrected chi connectivity index (χ3v) is 5.59. The Labute approximate surface area is 110 Å². The number of carbonyl (C=O) groups is 3. The van der Waals surface area contributed by atoms with Gasteiger partial charge in [-0.15, -0.1) is 0 Å². The van der Waals surface area contributed by atoms with E-state index in [4.69, 9.17) is 0 Å². The number of nitrogens with zero attached hydrogens (tertiary/aromatic N) is 3. The summed E-state index contributed by atoms with van der Waals surface area (Å²) in [5.74, 6) is 0. The van der Waals surface area contributed by atoms with Crippen molar-refractivity contribution in [3.8, 4) is 0 Å². The summed E-state index contributed by atoms with van der Waals surface area (Å²) in [6.45, 7) is -0.969. The predicted octanol–water partition coefficient (Wildman–Crippen LogP) is 0.996. The minimum absolute atomic E-state index is 0.128. The van der Waals surface area contributed by atoms with E-state index in [9.17, 15) is 18.9 Å². The standard InChI is InChI=1S/C9H6N3O7P/c13-7-10-4(1-17-7)20(16,5-2-18-8(14)11-5)6-3-19-9(15)12-6/h1-3H2. The summed E-state index contributed by atoms with van der Waals surface area (Å²) >= 11 is 0. The first-order valence-electron chi connectivity index (χ1n) is 5.35. The molecule has 3 aliphatic heterocycles. The number of carbonyl (C=O) groups excluding carboxylic acids is 3. The van der Waals surface area contributed by atoms with Crippen LogP contribution in [-0.2, 0) is 18.8 Å². The van der Waals surface area contributed by atoms with Crippen molar-refractivity contribution in [1.29, 1.82) is 0 Å². The summed E-state index contributed by atoms with van der Waals surface area (Å²) in [5.41, 5.74) is -0.384. The van der Waals surface area contributed by atoms with Gasteiger partial charge in [-0.05, 0) is 0 Å². The highest BCUT2D eigenvalue weighted by Crippen LogP contribution is 2.53. The molecule has 3 rings (SSSR count). The number of cyclic esters (lactones) is 3. The summed E-state index contributed by atoms with van der Waals surface area (Å²) in [6, 6.07) is 0. The highest BCUT2D eigenvalue weighted by molar-refractivity contribution is 8.07. The summed E-state index contributed by atoms with van der Waals surface area (Å²) < 4.78 is 27.0. The maximum atomic E-state index is 13.2. The van der Waals surface area contributed by atoms with Crippen molar-refractivity contribution in [2.45, 2.75) is 0 Å². The van der Waals surface area contributed by atoms with E-state index in [-0.39, 0.29) is 36.2 Å². The molecule has 11 heteroatoms. The zero-order valence-corrected chi connectivity index (χ0v) is 10.7. The quantitative estimate of drug-likeness (QED) is 0.560. The van der Waals surface area contributed by atoms with Crippen LogP contribution in [-0.4, -0.2) is 54.5 Å². The van der Waals surface area contributed by atoms with E-state index in [0.717, 1.165) is 0 Å². The van der Waals surface area contributed by atoms with E-state index < -0.39 is 25.4 Å². The van der Waals surface area contributed by atoms with Crippen molar-refractivity contribution in [3.63, 3.8) is 0 Å². The first-order chi connectivity index (χ1) is 9.50. The SMILES string of the molecule is O=C1N=C(P(=O)(C2=NC(=O)OC2)C2=NC(=O)OC2)CO1. The zero-order chi connectivity index (χ0) is 14.3. The van der Waals surface area contributed by atoms with Crippen molar-refractivity contribution >= 4 is 41.8 Å². The Morgan fingerprint density at radius 1 is 0.700 bits per heavy atom. The lowest BCUT2D eigenvalue weighted by Crippen LogP contribution is -2.20. The van der Waals surface area contributed by atoms with Gasteiger partial charge in [0.1, 0.15) is 36.2 Å². The van der Waals surface area contributed by atoms with Gasteiger partial charge in [-0.25, -0.2) is 14.4 Å².